The van der Waals surface area contributed by atoms with Gasteiger partial charge in [0.2, 0.25) is 11.6 Å². The smallest absolute Gasteiger partial charge is 0.415 e. The Morgan fingerprint density at radius 2 is 1.39 bits per heavy atom. The largest absolute Gasteiger partial charge is 0.465 e. The van der Waals surface area contributed by atoms with Gasteiger partial charge < -0.3 is 44.5 Å². The lowest BCUT2D eigenvalue weighted by Gasteiger charge is -2.40. The van der Waals surface area contributed by atoms with Gasteiger partial charge in [0.1, 0.15) is 11.2 Å². The molecule has 0 bridgehead atoms. The number of allylic oxidation sites excluding steroid dienone is 5. The number of nitrogens with one attached hydrogen (secondary N) is 1. The SMILES string of the molecule is C=CCC.C=Cc1[nH]c(C(=O)c2ccc(N)c(C(=O)OC)c2)c(C)c1N(CCC(C)(C)OCCC(C)(C)N(C(=O)OC(C)(C)C)c1c(C)c(C(=O)C(=C/C)/C=C(C(=O)OC)\C(N)=C/C)n2ccccc12)C(=O)OC(C)(C)C.CC. The number of ether oxygens (including phenoxy) is 5. The number of Topliss-reactive ketones (excluding diaryl/α,β-unsaturated/α-hetero) is 1. The van der Waals surface area contributed by atoms with E-state index in [1.165, 1.54) is 49.5 Å². The van der Waals surface area contributed by atoms with Crippen molar-refractivity contribution < 1.29 is 52.5 Å². The van der Waals surface area contributed by atoms with Crippen molar-refractivity contribution in [3.8, 4) is 0 Å². The van der Waals surface area contributed by atoms with Gasteiger partial charge in [-0.1, -0.05) is 51.6 Å². The number of aromatic amines is 1. The monoisotopic (exact) mass is 1090 g/mol. The predicted octanol–water partition coefficient (Wildman–Crippen LogP) is 13.4. The van der Waals surface area contributed by atoms with E-state index in [4.69, 9.17) is 35.2 Å². The number of hydrogen-bond donors (Lipinski definition) is 3. The molecule has 432 valence electrons. The van der Waals surface area contributed by atoms with Crippen LogP contribution in [0.25, 0.3) is 11.6 Å². The van der Waals surface area contributed by atoms with Crippen molar-refractivity contribution in [3.63, 3.8) is 0 Å². The predicted molar refractivity (Wildman–Crippen MR) is 317 cm³/mol. The summed E-state index contributed by atoms with van der Waals surface area (Å²) in [6.45, 7) is 38.7. The number of amides is 2. The van der Waals surface area contributed by atoms with Crippen molar-refractivity contribution in [1.29, 1.82) is 0 Å². The van der Waals surface area contributed by atoms with Crippen molar-refractivity contribution in [1.82, 2.24) is 9.38 Å². The van der Waals surface area contributed by atoms with E-state index >= 15 is 0 Å². The first kappa shape index (κ1) is 67.4. The van der Waals surface area contributed by atoms with Crippen molar-refractivity contribution in [2.75, 3.05) is 42.9 Å². The molecule has 0 aliphatic carbocycles. The molecule has 0 fully saturated rings. The molecule has 4 aromatic rings. The van der Waals surface area contributed by atoms with Crippen LogP contribution in [0.15, 0.2) is 96.9 Å². The quantitative estimate of drug-likeness (QED) is 0.0142. The Labute approximate surface area is 468 Å². The molecule has 0 radical (unpaired) electrons. The number of anilines is 3. The lowest BCUT2D eigenvalue weighted by atomic mass is 9.96. The van der Waals surface area contributed by atoms with E-state index in [2.05, 4.69) is 25.1 Å². The molecule has 0 saturated carbocycles. The number of methoxy groups -OCH3 is 2. The summed E-state index contributed by atoms with van der Waals surface area (Å²) in [5.41, 5.74) is 12.3. The van der Waals surface area contributed by atoms with Gasteiger partial charge in [-0.2, -0.15) is 0 Å². The number of nitrogen functional groups attached to an aromatic ring is 1. The van der Waals surface area contributed by atoms with Crippen molar-refractivity contribution in [2.24, 2.45) is 5.73 Å². The number of nitrogens with two attached hydrogens (primary N) is 2. The number of rotatable bonds is 20. The minimum atomic E-state index is -1.02. The summed E-state index contributed by atoms with van der Waals surface area (Å²) < 4.78 is 30.2. The second kappa shape index (κ2) is 28.8. The number of benzene rings is 1. The number of ketones is 2. The zero-order valence-electron chi connectivity index (χ0n) is 50.4. The van der Waals surface area contributed by atoms with Crippen LogP contribution in [-0.2, 0) is 28.5 Å². The summed E-state index contributed by atoms with van der Waals surface area (Å²) in [4.78, 5) is 88.9. The van der Waals surface area contributed by atoms with Gasteiger partial charge in [0.05, 0.1) is 64.9 Å². The molecule has 17 nitrogen and oxygen atoms in total. The molecule has 0 aliphatic rings. The van der Waals surface area contributed by atoms with Crippen LogP contribution in [0, 0.1) is 13.8 Å². The van der Waals surface area contributed by atoms with Gasteiger partial charge in [-0.15, -0.1) is 6.58 Å². The fourth-order valence-corrected chi connectivity index (χ4v) is 8.14. The Bertz CT molecular complexity index is 2950. The van der Waals surface area contributed by atoms with Crippen molar-refractivity contribution in [3.05, 3.63) is 136 Å². The van der Waals surface area contributed by atoms with Crippen LogP contribution in [0.4, 0.5) is 26.7 Å². The molecule has 0 spiro atoms. The second-order valence-electron chi connectivity index (χ2n) is 21.4. The molecule has 2 amide bonds. The maximum Gasteiger partial charge on any atom is 0.415 e. The highest BCUT2D eigenvalue weighted by molar-refractivity contribution is 6.15. The molecule has 3 aromatic heterocycles. The maximum absolute atomic E-state index is 14.7. The number of esters is 2. The van der Waals surface area contributed by atoms with Gasteiger partial charge in [0, 0.05) is 58.5 Å². The lowest BCUT2D eigenvalue weighted by Crippen LogP contribution is -2.51. The number of aromatic nitrogens is 2. The van der Waals surface area contributed by atoms with Gasteiger partial charge in [0.15, 0.2) is 0 Å². The Balaban J connectivity index is 0.00000339. The lowest BCUT2D eigenvalue weighted by molar-refractivity contribution is -0.135. The third-order valence-electron chi connectivity index (χ3n) is 12.3. The van der Waals surface area contributed by atoms with Gasteiger partial charge in [-0.05, 0) is 159 Å². The highest BCUT2D eigenvalue weighted by Gasteiger charge is 2.40. The number of hydrogen-bond acceptors (Lipinski definition) is 13. The van der Waals surface area contributed by atoms with Crippen LogP contribution < -0.4 is 21.3 Å². The maximum atomic E-state index is 14.7. The molecular formula is C62H88N6O11. The Hall–Kier alpha value is -7.66. The van der Waals surface area contributed by atoms with Crippen LogP contribution in [0.3, 0.4) is 0 Å². The van der Waals surface area contributed by atoms with Crippen LogP contribution in [0.5, 0.6) is 0 Å². The summed E-state index contributed by atoms with van der Waals surface area (Å²) in [5, 5.41) is 0. The minimum Gasteiger partial charge on any atom is -0.465 e. The van der Waals surface area contributed by atoms with Crippen LogP contribution >= 0.6 is 0 Å². The molecule has 17 heteroatoms. The molecule has 5 N–H and O–H groups in total. The Morgan fingerprint density at radius 3 is 1.91 bits per heavy atom. The number of nitrogens with zero attached hydrogens (tertiary/aromatic N) is 3. The van der Waals surface area contributed by atoms with Gasteiger partial charge in [0.25, 0.3) is 0 Å². The normalized spacial score (nSPS) is 12.3. The molecule has 1 aromatic carbocycles. The standard InChI is InChI=1S/C56H74N6O11.C4H8.C2H6/c1-18-35(31-37(39(57)19-2)49(65)69-16)48(64)46-34(5)45(42-23-21-22-28-60(42)46)62(52(68)73-54(9,10)11)55(12,13)27-30-71-56(14,15)26-29-61(51(67)72-53(6,7)8)44-33(4)43(59-41(44)20-3)47(63)36-24-25-40(58)38(32-36)50(66)70-17;1-3-4-2;1-2/h18-25,28,31-32,59H,3,26-27,29-30,57-58H2,1-2,4-17H3;3H,1,4H2,2H3;1-2H3/b35-18+,37-31+,39-19+;;. The highest BCUT2D eigenvalue weighted by atomic mass is 16.6. The van der Waals surface area contributed by atoms with E-state index in [-0.39, 0.29) is 71.0 Å². The zero-order chi connectivity index (χ0) is 60.5. The third kappa shape index (κ3) is 17.4. The van der Waals surface area contributed by atoms with Gasteiger partial charge in [-0.25, -0.2) is 19.2 Å². The van der Waals surface area contributed by atoms with Crippen molar-refractivity contribution in [2.45, 2.75) is 159 Å². The molecule has 0 aliphatic heterocycles. The first-order valence-corrected chi connectivity index (χ1v) is 26.5. The molecular weight excluding hydrogens is 1000 g/mol. The average molecular weight is 1090 g/mol. The van der Waals surface area contributed by atoms with Crippen LogP contribution in [0.2, 0.25) is 0 Å². The summed E-state index contributed by atoms with van der Waals surface area (Å²) in [6.07, 6.45) is 9.96. The zero-order valence-corrected chi connectivity index (χ0v) is 50.4. The van der Waals surface area contributed by atoms with E-state index in [1.54, 1.807) is 103 Å². The molecule has 3 heterocycles. The van der Waals surface area contributed by atoms with Gasteiger partial charge in [-0.3, -0.25) is 19.4 Å². The van der Waals surface area contributed by atoms with Crippen molar-refractivity contribution >= 4 is 64.3 Å². The first-order valence-electron chi connectivity index (χ1n) is 26.5. The summed E-state index contributed by atoms with van der Waals surface area (Å²) >= 11 is 0. The van der Waals surface area contributed by atoms with E-state index in [1.807, 2.05) is 59.8 Å². The summed E-state index contributed by atoms with van der Waals surface area (Å²) in [5.74, 6) is -2.30. The number of carbonyl (C=O) groups excluding carboxylic acids is 6. The number of fused-ring (bicyclic) bond motifs is 1. The van der Waals surface area contributed by atoms with E-state index in [0.29, 0.717) is 33.7 Å². The molecule has 0 saturated heterocycles. The molecule has 0 atom stereocenters. The highest BCUT2D eigenvalue weighted by Crippen LogP contribution is 2.40. The fourth-order valence-electron chi connectivity index (χ4n) is 8.14. The Kier molecular flexibility index (Phi) is 24.6. The number of H-pyrrole nitrogens is 1. The molecule has 4 rings (SSSR count). The van der Waals surface area contributed by atoms with E-state index < -0.39 is 58.0 Å². The molecule has 0 unspecified atom stereocenters. The average Bonchev–Trinajstić information content (AvgIpc) is 4.04. The van der Waals surface area contributed by atoms with Crippen LogP contribution in [0.1, 0.15) is 177 Å². The van der Waals surface area contributed by atoms with Crippen LogP contribution in [-0.4, -0.2) is 94.8 Å². The van der Waals surface area contributed by atoms with E-state index in [0.717, 1.165) is 6.42 Å². The third-order valence-corrected chi connectivity index (χ3v) is 12.3. The Morgan fingerprint density at radius 1 is 0.797 bits per heavy atom. The topological polar surface area (TPSA) is 227 Å². The second-order valence-corrected chi connectivity index (χ2v) is 21.4. The fraction of sp³-hybridized carbons (Fsp3) is 0.452. The van der Waals surface area contributed by atoms with E-state index in [9.17, 15) is 28.8 Å². The minimum absolute atomic E-state index is 0.0112. The number of pyridine rings is 1. The summed E-state index contributed by atoms with van der Waals surface area (Å²) in [7, 11) is 2.45. The molecule has 79 heavy (non-hydrogen) atoms. The summed E-state index contributed by atoms with van der Waals surface area (Å²) in [6, 6.07) is 9.72. The first-order chi connectivity index (χ1) is 36.8. The number of carbonyl (C=O) groups is 6. The van der Waals surface area contributed by atoms with Gasteiger partial charge >= 0.3 is 24.1 Å².